The van der Waals surface area contributed by atoms with E-state index in [0.29, 0.717) is 17.9 Å². The molecule has 1 aromatic heterocycles. The van der Waals surface area contributed by atoms with Gasteiger partial charge in [-0.25, -0.2) is 4.98 Å². The van der Waals surface area contributed by atoms with E-state index >= 15 is 0 Å². The summed E-state index contributed by atoms with van der Waals surface area (Å²) in [6.07, 6.45) is 12.5. The Bertz CT molecular complexity index is 532. The maximum absolute atomic E-state index is 12.8. The number of hydrogen-bond acceptors (Lipinski definition) is 2. The summed E-state index contributed by atoms with van der Waals surface area (Å²) in [6, 6.07) is 0.417. The van der Waals surface area contributed by atoms with Crippen LogP contribution in [-0.4, -0.2) is 33.4 Å². The van der Waals surface area contributed by atoms with Crippen molar-refractivity contribution < 1.29 is 4.79 Å². The van der Waals surface area contributed by atoms with E-state index in [1.54, 1.807) is 0 Å². The Hall–Kier alpha value is -1.32. The predicted molar refractivity (Wildman–Crippen MR) is 85.4 cm³/mol. The van der Waals surface area contributed by atoms with E-state index in [1.807, 2.05) is 6.20 Å². The van der Waals surface area contributed by atoms with Gasteiger partial charge in [0, 0.05) is 31.9 Å². The van der Waals surface area contributed by atoms with Crippen LogP contribution in [0.25, 0.3) is 0 Å². The third-order valence-corrected chi connectivity index (χ3v) is 5.87. The fraction of sp³-hybridized carbons (Fsp3) is 0.778. The maximum atomic E-state index is 12.8. The highest BCUT2D eigenvalue weighted by atomic mass is 16.2. The fourth-order valence-corrected chi connectivity index (χ4v) is 4.28. The SMILES string of the molecule is Cc1nccn1C1CCCN(C(=O)CC(C2CC2)C2CC2)C1. The molecular formula is C18H27N3O. The number of amides is 1. The molecule has 22 heavy (non-hydrogen) atoms. The van der Waals surface area contributed by atoms with Gasteiger partial charge in [-0.3, -0.25) is 4.79 Å². The summed E-state index contributed by atoms with van der Waals surface area (Å²) in [5.41, 5.74) is 0. The lowest BCUT2D eigenvalue weighted by Crippen LogP contribution is -2.41. The van der Waals surface area contributed by atoms with Crippen LogP contribution in [0.4, 0.5) is 0 Å². The lowest BCUT2D eigenvalue weighted by molar-refractivity contribution is -0.134. The van der Waals surface area contributed by atoms with Crippen LogP contribution in [0.3, 0.4) is 0 Å². The molecule has 0 spiro atoms. The molecule has 1 aromatic rings. The Balaban J connectivity index is 1.39. The summed E-state index contributed by atoms with van der Waals surface area (Å²) < 4.78 is 2.25. The molecule has 120 valence electrons. The van der Waals surface area contributed by atoms with Gasteiger partial charge < -0.3 is 9.47 Å². The molecule has 0 aromatic carbocycles. The van der Waals surface area contributed by atoms with E-state index in [2.05, 4.69) is 27.6 Å². The largest absolute Gasteiger partial charge is 0.341 e. The number of piperidine rings is 1. The van der Waals surface area contributed by atoms with Crippen molar-refractivity contribution >= 4 is 5.91 Å². The Morgan fingerprint density at radius 3 is 2.59 bits per heavy atom. The van der Waals surface area contributed by atoms with Gasteiger partial charge in [-0.2, -0.15) is 0 Å². The highest BCUT2D eigenvalue weighted by molar-refractivity contribution is 5.76. The van der Waals surface area contributed by atoms with E-state index < -0.39 is 0 Å². The highest BCUT2D eigenvalue weighted by Gasteiger charge is 2.43. The first-order valence-corrected chi connectivity index (χ1v) is 8.99. The smallest absolute Gasteiger partial charge is 0.222 e. The number of nitrogens with zero attached hydrogens (tertiary/aromatic N) is 3. The third-order valence-electron chi connectivity index (χ3n) is 5.87. The second-order valence-corrected chi connectivity index (χ2v) is 7.56. The summed E-state index contributed by atoms with van der Waals surface area (Å²) in [4.78, 5) is 19.2. The summed E-state index contributed by atoms with van der Waals surface area (Å²) in [5, 5.41) is 0. The second-order valence-electron chi connectivity index (χ2n) is 7.56. The van der Waals surface area contributed by atoms with Crippen LogP contribution in [0.2, 0.25) is 0 Å². The minimum absolute atomic E-state index is 0.409. The van der Waals surface area contributed by atoms with Gasteiger partial charge in [0.05, 0.1) is 6.04 Å². The van der Waals surface area contributed by atoms with Crippen LogP contribution in [0, 0.1) is 24.7 Å². The molecule has 3 fully saturated rings. The minimum atomic E-state index is 0.409. The van der Waals surface area contributed by atoms with Gasteiger partial charge in [-0.05, 0) is 63.2 Å². The van der Waals surface area contributed by atoms with E-state index in [0.717, 1.165) is 50.0 Å². The number of rotatable bonds is 5. The van der Waals surface area contributed by atoms with Crippen LogP contribution < -0.4 is 0 Å². The zero-order valence-corrected chi connectivity index (χ0v) is 13.6. The standard InChI is InChI=1S/C18H27N3O/c1-13-19-8-10-21(13)16-3-2-9-20(12-16)18(22)11-17(14-4-5-14)15-6-7-15/h8,10,14-17H,2-7,9,11-12H2,1H3. The molecule has 2 saturated carbocycles. The van der Waals surface area contributed by atoms with Crippen LogP contribution in [0.5, 0.6) is 0 Å². The van der Waals surface area contributed by atoms with Crippen molar-refractivity contribution in [1.29, 1.82) is 0 Å². The van der Waals surface area contributed by atoms with Gasteiger partial charge in [-0.1, -0.05) is 0 Å². The topological polar surface area (TPSA) is 38.1 Å². The Morgan fingerprint density at radius 2 is 2.00 bits per heavy atom. The van der Waals surface area contributed by atoms with Crippen molar-refractivity contribution in [3.63, 3.8) is 0 Å². The molecule has 3 aliphatic rings. The van der Waals surface area contributed by atoms with Crippen molar-refractivity contribution in [1.82, 2.24) is 14.5 Å². The minimum Gasteiger partial charge on any atom is -0.341 e. The molecule has 2 aliphatic carbocycles. The molecule has 1 unspecified atom stereocenters. The molecule has 0 radical (unpaired) electrons. The molecule has 0 bridgehead atoms. The van der Waals surface area contributed by atoms with Gasteiger partial charge in [0.1, 0.15) is 5.82 Å². The highest BCUT2D eigenvalue weighted by Crippen LogP contribution is 2.50. The first-order chi connectivity index (χ1) is 10.7. The first kappa shape index (κ1) is 14.3. The number of likely N-dealkylation sites (tertiary alicyclic amines) is 1. The molecule has 1 atom stereocenters. The Morgan fingerprint density at radius 1 is 1.27 bits per heavy atom. The number of hydrogen-bond donors (Lipinski definition) is 0. The van der Waals surface area contributed by atoms with E-state index in [4.69, 9.17) is 0 Å². The van der Waals surface area contributed by atoms with E-state index in [9.17, 15) is 4.79 Å². The van der Waals surface area contributed by atoms with E-state index in [1.165, 1.54) is 25.7 Å². The summed E-state index contributed by atoms with van der Waals surface area (Å²) in [7, 11) is 0. The third kappa shape index (κ3) is 2.92. The van der Waals surface area contributed by atoms with Crippen LogP contribution in [-0.2, 0) is 4.79 Å². The van der Waals surface area contributed by atoms with Gasteiger partial charge in [0.15, 0.2) is 0 Å². The molecular weight excluding hydrogens is 274 g/mol. The van der Waals surface area contributed by atoms with Crippen molar-refractivity contribution in [2.75, 3.05) is 13.1 Å². The number of imidazole rings is 1. The zero-order valence-electron chi connectivity index (χ0n) is 13.6. The predicted octanol–water partition coefficient (Wildman–Crippen LogP) is 3.18. The van der Waals surface area contributed by atoms with Gasteiger partial charge >= 0.3 is 0 Å². The lowest BCUT2D eigenvalue weighted by atomic mass is 9.93. The number of aryl methyl sites for hydroxylation is 1. The summed E-state index contributed by atoms with van der Waals surface area (Å²) in [6.45, 7) is 3.88. The molecule has 1 amide bonds. The zero-order chi connectivity index (χ0) is 15.1. The van der Waals surface area contributed by atoms with Gasteiger partial charge in [0.25, 0.3) is 0 Å². The molecule has 4 rings (SSSR count). The monoisotopic (exact) mass is 301 g/mol. The Labute approximate surface area is 132 Å². The van der Waals surface area contributed by atoms with Crippen LogP contribution in [0.15, 0.2) is 12.4 Å². The normalized spacial score (nSPS) is 25.7. The molecule has 1 aliphatic heterocycles. The lowest BCUT2D eigenvalue weighted by Gasteiger charge is -2.35. The molecule has 0 N–H and O–H groups in total. The van der Waals surface area contributed by atoms with Gasteiger partial charge in [0.2, 0.25) is 5.91 Å². The molecule has 4 heteroatoms. The van der Waals surface area contributed by atoms with Crippen molar-refractivity contribution in [2.24, 2.45) is 17.8 Å². The quantitative estimate of drug-likeness (QED) is 0.838. The summed E-state index contributed by atoms with van der Waals surface area (Å²) >= 11 is 0. The average molecular weight is 301 g/mol. The number of aromatic nitrogens is 2. The number of carbonyl (C=O) groups is 1. The average Bonchev–Trinajstić information content (AvgIpc) is 3.44. The fourth-order valence-electron chi connectivity index (χ4n) is 4.28. The van der Waals surface area contributed by atoms with Crippen LogP contribution >= 0.6 is 0 Å². The molecule has 1 saturated heterocycles. The van der Waals surface area contributed by atoms with Crippen LogP contribution in [0.1, 0.15) is 56.8 Å². The van der Waals surface area contributed by atoms with Crippen molar-refractivity contribution in [3.8, 4) is 0 Å². The Kier molecular flexibility index (Phi) is 3.71. The van der Waals surface area contributed by atoms with E-state index in [-0.39, 0.29) is 0 Å². The molecule has 4 nitrogen and oxygen atoms in total. The second kappa shape index (κ2) is 5.71. The van der Waals surface area contributed by atoms with Crippen molar-refractivity contribution in [2.45, 2.75) is 57.9 Å². The van der Waals surface area contributed by atoms with Crippen molar-refractivity contribution in [3.05, 3.63) is 18.2 Å². The molecule has 2 heterocycles. The first-order valence-electron chi connectivity index (χ1n) is 8.99. The summed E-state index contributed by atoms with van der Waals surface area (Å²) in [5.74, 6) is 3.91. The maximum Gasteiger partial charge on any atom is 0.222 e. The number of carbonyl (C=O) groups excluding carboxylic acids is 1. The van der Waals surface area contributed by atoms with Gasteiger partial charge in [-0.15, -0.1) is 0 Å².